The molecule has 1 aromatic heterocycles. The second-order valence-corrected chi connectivity index (χ2v) is 5.46. The van der Waals surface area contributed by atoms with Crippen molar-refractivity contribution >= 4 is 5.97 Å². The van der Waals surface area contributed by atoms with Crippen molar-refractivity contribution in [1.82, 2.24) is 0 Å². The Hall–Kier alpha value is -1.38. The molecule has 112 valence electrons. The maximum Gasteiger partial charge on any atom is 0.312 e. The molecule has 0 amide bonds. The molecule has 3 nitrogen and oxygen atoms in total. The second-order valence-electron chi connectivity index (χ2n) is 5.46. The first kappa shape index (κ1) is 16.7. The summed E-state index contributed by atoms with van der Waals surface area (Å²) in [6.07, 6.45) is 9.10. The molecule has 1 heterocycles. The number of carbonyl (C=O) groups excluding carboxylic acids is 1. The number of ether oxygens (including phenoxy) is 1. The van der Waals surface area contributed by atoms with Gasteiger partial charge in [-0.2, -0.15) is 0 Å². The van der Waals surface area contributed by atoms with Crippen LogP contribution in [0, 0.1) is 12.8 Å². The van der Waals surface area contributed by atoms with Crippen molar-refractivity contribution in [2.75, 3.05) is 6.61 Å². The minimum absolute atomic E-state index is 0.0898. The van der Waals surface area contributed by atoms with E-state index in [0.29, 0.717) is 25.5 Å². The van der Waals surface area contributed by atoms with Crippen LogP contribution in [0.1, 0.15) is 51.5 Å². The molecule has 0 fully saturated rings. The first-order valence-electron chi connectivity index (χ1n) is 7.77. The number of rotatable bonds is 9. The lowest BCUT2D eigenvalue weighted by atomic mass is 10.0. The fraction of sp³-hybridized carbons (Fsp3) is 0.647. The van der Waals surface area contributed by atoms with E-state index < -0.39 is 0 Å². The van der Waals surface area contributed by atoms with E-state index in [1.54, 1.807) is 0 Å². The predicted octanol–water partition coefficient (Wildman–Crippen LogP) is 3.43. The van der Waals surface area contributed by atoms with Gasteiger partial charge in [0.05, 0.1) is 6.61 Å². The number of hydrogen-bond donors (Lipinski definition) is 0. The van der Waals surface area contributed by atoms with Gasteiger partial charge in [-0.05, 0) is 24.8 Å². The van der Waals surface area contributed by atoms with Gasteiger partial charge in [0.1, 0.15) is 6.42 Å². The molecule has 0 saturated carbocycles. The van der Waals surface area contributed by atoms with Crippen LogP contribution in [0.25, 0.3) is 0 Å². The number of esters is 1. The zero-order valence-corrected chi connectivity index (χ0v) is 13.1. The Labute approximate surface area is 123 Å². The summed E-state index contributed by atoms with van der Waals surface area (Å²) in [5.41, 5.74) is 1.23. The SMILES string of the molecule is CCCCC(CC)COC(=O)CC[n+]1ccc(C)cc1. The monoisotopic (exact) mass is 278 g/mol. The van der Waals surface area contributed by atoms with E-state index in [4.69, 9.17) is 4.74 Å². The molecule has 1 rings (SSSR count). The highest BCUT2D eigenvalue weighted by Crippen LogP contribution is 2.13. The van der Waals surface area contributed by atoms with Gasteiger partial charge in [-0.1, -0.05) is 33.1 Å². The summed E-state index contributed by atoms with van der Waals surface area (Å²) in [6.45, 7) is 7.67. The molecule has 20 heavy (non-hydrogen) atoms. The Morgan fingerprint density at radius 2 is 2.00 bits per heavy atom. The highest BCUT2D eigenvalue weighted by Gasteiger charge is 2.11. The fourth-order valence-electron chi connectivity index (χ4n) is 2.08. The Bertz CT molecular complexity index is 386. The number of aryl methyl sites for hydroxylation is 2. The highest BCUT2D eigenvalue weighted by atomic mass is 16.5. The van der Waals surface area contributed by atoms with Gasteiger partial charge in [-0.25, -0.2) is 4.57 Å². The number of carbonyl (C=O) groups is 1. The van der Waals surface area contributed by atoms with E-state index in [1.807, 2.05) is 29.1 Å². The smallest absolute Gasteiger partial charge is 0.312 e. The highest BCUT2D eigenvalue weighted by molar-refractivity contribution is 5.69. The largest absolute Gasteiger partial charge is 0.465 e. The molecule has 0 aromatic carbocycles. The Kier molecular flexibility index (Phi) is 7.93. The lowest BCUT2D eigenvalue weighted by molar-refractivity contribution is -0.696. The molecule has 0 aliphatic heterocycles. The predicted molar refractivity (Wildman–Crippen MR) is 80.3 cm³/mol. The third-order valence-electron chi connectivity index (χ3n) is 3.66. The van der Waals surface area contributed by atoms with E-state index in [0.717, 1.165) is 12.8 Å². The summed E-state index contributed by atoms with van der Waals surface area (Å²) in [5.74, 6) is 0.430. The van der Waals surface area contributed by atoms with Crippen molar-refractivity contribution in [1.29, 1.82) is 0 Å². The summed E-state index contributed by atoms with van der Waals surface area (Å²) in [4.78, 5) is 11.7. The summed E-state index contributed by atoms with van der Waals surface area (Å²) in [7, 11) is 0. The molecule has 1 unspecified atom stereocenters. The average Bonchev–Trinajstić information content (AvgIpc) is 2.47. The minimum atomic E-state index is -0.0898. The summed E-state index contributed by atoms with van der Waals surface area (Å²) < 4.78 is 7.40. The molecular formula is C17H28NO2+. The van der Waals surface area contributed by atoms with E-state index in [2.05, 4.69) is 20.8 Å². The lowest BCUT2D eigenvalue weighted by Crippen LogP contribution is -2.34. The molecule has 0 radical (unpaired) electrons. The van der Waals surface area contributed by atoms with Gasteiger partial charge in [0.15, 0.2) is 18.9 Å². The van der Waals surface area contributed by atoms with Gasteiger partial charge in [-0.3, -0.25) is 4.79 Å². The first-order chi connectivity index (χ1) is 9.65. The van der Waals surface area contributed by atoms with E-state index >= 15 is 0 Å². The summed E-state index contributed by atoms with van der Waals surface area (Å²) >= 11 is 0. The summed E-state index contributed by atoms with van der Waals surface area (Å²) in [5, 5.41) is 0. The Morgan fingerprint density at radius 3 is 2.60 bits per heavy atom. The second kappa shape index (κ2) is 9.51. The van der Waals surface area contributed by atoms with Crippen LogP contribution < -0.4 is 4.57 Å². The molecule has 0 aliphatic carbocycles. The lowest BCUT2D eigenvalue weighted by Gasteiger charge is -2.14. The molecule has 0 saturated heterocycles. The van der Waals surface area contributed by atoms with Crippen LogP contribution in [-0.2, 0) is 16.1 Å². The number of pyridine rings is 1. The quantitative estimate of drug-likeness (QED) is 0.512. The van der Waals surface area contributed by atoms with Crippen LogP contribution in [0.5, 0.6) is 0 Å². The van der Waals surface area contributed by atoms with Gasteiger partial charge >= 0.3 is 5.97 Å². The number of unbranched alkanes of at least 4 members (excludes halogenated alkanes) is 1. The van der Waals surface area contributed by atoms with Crippen LogP contribution in [0.3, 0.4) is 0 Å². The van der Waals surface area contributed by atoms with Crippen LogP contribution >= 0.6 is 0 Å². The molecule has 1 atom stereocenters. The van der Waals surface area contributed by atoms with Crippen molar-refractivity contribution in [2.45, 2.75) is 59.4 Å². The third-order valence-corrected chi connectivity index (χ3v) is 3.66. The molecule has 1 aromatic rings. The first-order valence-corrected chi connectivity index (χ1v) is 7.77. The molecule has 0 N–H and O–H groups in total. The average molecular weight is 278 g/mol. The molecule has 0 bridgehead atoms. The third kappa shape index (κ3) is 6.69. The van der Waals surface area contributed by atoms with Gasteiger partial charge in [0.25, 0.3) is 0 Å². The van der Waals surface area contributed by atoms with Gasteiger partial charge in [-0.15, -0.1) is 0 Å². The van der Waals surface area contributed by atoms with Crippen molar-refractivity contribution in [3.8, 4) is 0 Å². The maximum absolute atomic E-state index is 11.7. The molecule has 0 aliphatic rings. The van der Waals surface area contributed by atoms with Crippen LogP contribution in [-0.4, -0.2) is 12.6 Å². The van der Waals surface area contributed by atoms with E-state index in [9.17, 15) is 4.79 Å². The molecular weight excluding hydrogens is 250 g/mol. The number of nitrogens with zero attached hydrogens (tertiary/aromatic N) is 1. The van der Waals surface area contributed by atoms with Gasteiger partial charge in [0.2, 0.25) is 0 Å². The van der Waals surface area contributed by atoms with E-state index in [1.165, 1.54) is 18.4 Å². The van der Waals surface area contributed by atoms with Crippen LogP contribution in [0.4, 0.5) is 0 Å². The van der Waals surface area contributed by atoms with E-state index in [-0.39, 0.29) is 5.97 Å². The normalized spacial score (nSPS) is 12.2. The van der Waals surface area contributed by atoms with Gasteiger partial charge in [0, 0.05) is 12.1 Å². The minimum Gasteiger partial charge on any atom is -0.465 e. The molecule has 0 spiro atoms. The zero-order valence-electron chi connectivity index (χ0n) is 13.1. The van der Waals surface area contributed by atoms with Crippen molar-refractivity contribution in [3.63, 3.8) is 0 Å². The van der Waals surface area contributed by atoms with Crippen molar-refractivity contribution in [3.05, 3.63) is 30.1 Å². The van der Waals surface area contributed by atoms with Crippen molar-refractivity contribution in [2.24, 2.45) is 5.92 Å². The zero-order chi connectivity index (χ0) is 14.8. The number of hydrogen-bond acceptors (Lipinski definition) is 2. The fourth-order valence-corrected chi connectivity index (χ4v) is 2.08. The van der Waals surface area contributed by atoms with Crippen LogP contribution in [0.2, 0.25) is 0 Å². The van der Waals surface area contributed by atoms with Crippen LogP contribution in [0.15, 0.2) is 24.5 Å². The maximum atomic E-state index is 11.7. The summed E-state index contributed by atoms with van der Waals surface area (Å²) in [6, 6.07) is 4.09. The molecule has 3 heteroatoms. The number of aromatic nitrogens is 1. The van der Waals surface area contributed by atoms with Gasteiger partial charge < -0.3 is 4.74 Å². The standard InChI is InChI=1S/C17H28NO2/c1-4-6-7-16(5-2)14-20-17(19)10-13-18-11-8-15(3)9-12-18/h8-9,11-12,16H,4-7,10,13-14H2,1-3H3/q+1. The Morgan fingerprint density at radius 1 is 1.30 bits per heavy atom. The van der Waals surface area contributed by atoms with Crippen molar-refractivity contribution < 1.29 is 14.1 Å². The topological polar surface area (TPSA) is 30.2 Å². The Balaban J connectivity index is 2.24.